The molecule has 0 radical (unpaired) electrons. The third-order valence-electron chi connectivity index (χ3n) is 8.32. The molecule has 1 amide bonds. The van der Waals surface area contributed by atoms with Crippen LogP contribution in [0.25, 0.3) is 11.1 Å². The number of piperazine rings is 1. The summed E-state index contributed by atoms with van der Waals surface area (Å²) in [5, 5.41) is 3.33. The fourth-order valence-corrected chi connectivity index (χ4v) is 7.09. The number of carbonyl (C=O) groups excluding carboxylic acids is 2. The molecule has 1 saturated heterocycles. The molecule has 1 aromatic heterocycles. The molecule has 0 spiro atoms. The number of nitrogens with two attached hydrogens (primary N) is 1. The van der Waals surface area contributed by atoms with Crippen molar-refractivity contribution in [3.63, 3.8) is 0 Å². The van der Waals surface area contributed by atoms with Gasteiger partial charge in [0.1, 0.15) is 0 Å². The highest BCUT2D eigenvalue weighted by atomic mass is 32.1. The van der Waals surface area contributed by atoms with Crippen molar-refractivity contribution >= 4 is 39.5 Å². The van der Waals surface area contributed by atoms with Crippen LogP contribution in [0.3, 0.4) is 0 Å². The maximum atomic E-state index is 12.1. The minimum atomic E-state index is -0.552. The van der Waals surface area contributed by atoms with Crippen molar-refractivity contribution in [2.45, 2.75) is 38.6 Å². The number of aryl methyl sites for hydroxylation is 1. The van der Waals surface area contributed by atoms with Gasteiger partial charge in [-0.1, -0.05) is 25.1 Å². The Morgan fingerprint density at radius 1 is 1.05 bits per heavy atom. The number of amides is 1. The number of hydrogen-bond acceptors (Lipinski definition) is 8. The molecule has 39 heavy (non-hydrogen) atoms. The third kappa shape index (κ3) is 5.44. The molecule has 204 valence electrons. The second kappa shape index (κ2) is 11.1. The van der Waals surface area contributed by atoms with Gasteiger partial charge in [0.05, 0.1) is 16.9 Å². The molecule has 2 aromatic carbocycles. The first kappa shape index (κ1) is 26.0. The summed E-state index contributed by atoms with van der Waals surface area (Å²) < 4.78 is 0. The first-order valence-corrected chi connectivity index (χ1v) is 14.9. The Hall–Kier alpha value is -3.27. The van der Waals surface area contributed by atoms with Gasteiger partial charge in [0.15, 0.2) is 5.13 Å². The van der Waals surface area contributed by atoms with E-state index >= 15 is 0 Å². The van der Waals surface area contributed by atoms with Crippen LogP contribution in [0, 0.1) is 0 Å². The number of fused-ring (bicyclic) bond motifs is 2. The maximum absolute atomic E-state index is 12.1. The fraction of sp³-hybridized carbons (Fsp3) is 0.433. The summed E-state index contributed by atoms with van der Waals surface area (Å²) in [6.07, 6.45) is 4.49. The lowest BCUT2D eigenvalue weighted by molar-refractivity contribution is -0.112. The van der Waals surface area contributed by atoms with Gasteiger partial charge >= 0.3 is 0 Å². The van der Waals surface area contributed by atoms with Crippen LogP contribution in [0.15, 0.2) is 42.5 Å². The monoisotopic (exact) mass is 544 g/mol. The smallest absolute Gasteiger partial charge is 0.296 e. The van der Waals surface area contributed by atoms with Gasteiger partial charge in [-0.15, -0.1) is 11.3 Å². The number of carbonyl (C=O) groups is 2. The molecule has 1 fully saturated rings. The van der Waals surface area contributed by atoms with E-state index in [2.05, 4.69) is 56.2 Å². The molecular formula is C30H36N6O2S. The average molecular weight is 545 g/mol. The lowest BCUT2D eigenvalue weighted by Crippen LogP contribution is -2.50. The van der Waals surface area contributed by atoms with Crippen molar-refractivity contribution in [2.24, 2.45) is 0 Å². The van der Waals surface area contributed by atoms with E-state index in [-0.39, 0.29) is 0 Å². The number of hydrogen-bond donors (Lipinski definition) is 2. The molecule has 3 aliphatic rings. The number of aromatic nitrogens is 1. The van der Waals surface area contributed by atoms with Crippen LogP contribution in [0.4, 0.5) is 16.5 Å². The number of nitrogens with one attached hydrogen (secondary N) is 1. The number of anilines is 3. The molecule has 3 N–H and O–H groups in total. The van der Waals surface area contributed by atoms with E-state index in [4.69, 9.17) is 5.73 Å². The number of thiazole rings is 1. The summed E-state index contributed by atoms with van der Waals surface area (Å²) in [6, 6.07) is 14.7. The first-order valence-electron chi connectivity index (χ1n) is 14.0. The minimum absolute atomic E-state index is 0.455. The molecule has 1 unspecified atom stereocenters. The molecule has 1 atom stereocenters. The van der Waals surface area contributed by atoms with Gasteiger partial charge in [-0.25, -0.2) is 4.98 Å². The van der Waals surface area contributed by atoms with Crippen LogP contribution in [0.1, 0.15) is 40.7 Å². The molecule has 8 nitrogen and oxygen atoms in total. The van der Waals surface area contributed by atoms with Gasteiger partial charge in [0.2, 0.25) is 0 Å². The number of nitrogens with zero attached hydrogens (tertiary/aromatic N) is 4. The van der Waals surface area contributed by atoms with Gasteiger partial charge in [-0.05, 0) is 67.6 Å². The Labute approximate surface area is 233 Å². The van der Waals surface area contributed by atoms with E-state index in [1.54, 1.807) is 11.3 Å². The highest BCUT2D eigenvalue weighted by Crippen LogP contribution is 2.32. The van der Waals surface area contributed by atoms with E-state index in [1.165, 1.54) is 29.1 Å². The van der Waals surface area contributed by atoms with Crippen LogP contribution in [0.5, 0.6) is 0 Å². The molecule has 0 saturated carbocycles. The lowest BCUT2D eigenvalue weighted by atomic mass is 9.96. The maximum Gasteiger partial charge on any atom is 0.296 e. The van der Waals surface area contributed by atoms with E-state index in [0.29, 0.717) is 22.4 Å². The number of ketones is 1. The van der Waals surface area contributed by atoms with Gasteiger partial charge in [0.25, 0.3) is 11.7 Å². The summed E-state index contributed by atoms with van der Waals surface area (Å²) in [7, 11) is 0. The Kier molecular flexibility index (Phi) is 7.38. The summed E-state index contributed by atoms with van der Waals surface area (Å²) in [4.78, 5) is 37.4. The zero-order valence-corrected chi connectivity index (χ0v) is 23.3. The molecule has 6 rings (SSSR count). The Morgan fingerprint density at radius 3 is 2.59 bits per heavy atom. The Morgan fingerprint density at radius 2 is 1.82 bits per heavy atom. The number of benzene rings is 2. The minimum Gasteiger partial charge on any atom is -0.375 e. The van der Waals surface area contributed by atoms with Crippen molar-refractivity contribution < 1.29 is 9.59 Å². The van der Waals surface area contributed by atoms with Crippen molar-refractivity contribution in [1.82, 2.24) is 14.8 Å². The zero-order chi connectivity index (χ0) is 26.9. The van der Waals surface area contributed by atoms with Crippen molar-refractivity contribution in [2.75, 3.05) is 61.8 Å². The number of rotatable bonds is 8. The van der Waals surface area contributed by atoms with Gasteiger partial charge in [-0.3, -0.25) is 19.4 Å². The quantitative estimate of drug-likeness (QED) is 0.415. The largest absolute Gasteiger partial charge is 0.375 e. The second-order valence-electron chi connectivity index (χ2n) is 10.8. The highest BCUT2D eigenvalue weighted by molar-refractivity contribution is 7.15. The molecule has 3 aromatic rings. The van der Waals surface area contributed by atoms with Crippen molar-refractivity contribution in [1.29, 1.82) is 0 Å². The Bertz CT molecular complexity index is 1360. The highest BCUT2D eigenvalue weighted by Gasteiger charge is 2.29. The van der Waals surface area contributed by atoms with E-state index in [9.17, 15) is 9.59 Å². The third-order valence-corrected chi connectivity index (χ3v) is 9.27. The lowest BCUT2D eigenvalue weighted by Gasteiger charge is -2.39. The van der Waals surface area contributed by atoms with Crippen molar-refractivity contribution in [3.8, 4) is 11.1 Å². The van der Waals surface area contributed by atoms with Crippen LogP contribution < -0.4 is 16.0 Å². The predicted octanol–water partition coefficient (Wildman–Crippen LogP) is 3.92. The molecular weight excluding hydrogens is 508 g/mol. The van der Waals surface area contributed by atoms with Crippen molar-refractivity contribution in [3.05, 3.63) is 58.6 Å². The van der Waals surface area contributed by atoms with Crippen LogP contribution >= 0.6 is 11.3 Å². The SMILES string of the molecule is CCCN(CCN1CCN(c2ccc(-c3ccc4c(c3)C(=O)C(=O)N4)cc2)CC1)C1CCc2nc(N)sc2C1. The zero-order valence-electron chi connectivity index (χ0n) is 22.5. The van der Waals surface area contributed by atoms with Crippen LogP contribution in [0.2, 0.25) is 0 Å². The van der Waals surface area contributed by atoms with Gasteiger partial charge < -0.3 is 16.0 Å². The predicted molar refractivity (Wildman–Crippen MR) is 158 cm³/mol. The van der Waals surface area contributed by atoms with Gasteiger partial charge in [0, 0.05) is 55.9 Å². The second-order valence-corrected chi connectivity index (χ2v) is 11.9. The molecule has 2 aliphatic heterocycles. The van der Waals surface area contributed by atoms with Crippen LogP contribution in [-0.2, 0) is 17.6 Å². The summed E-state index contributed by atoms with van der Waals surface area (Å²) >= 11 is 1.67. The normalized spacial score (nSPS) is 19.3. The molecule has 3 heterocycles. The van der Waals surface area contributed by atoms with Crippen LogP contribution in [-0.4, -0.2) is 78.3 Å². The molecule has 0 bridgehead atoms. The molecule has 1 aliphatic carbocycles. The van der Waals surface area contributed by atoms with Gasteiger partial charge in [-0.2, -0.15) is 0 Å². The number of nitrogen functional groups attached to an aromatic ring is 1. The standard InChI is InChI=1S/C30H36N6O2S/c1-2-11-35(23-8-10-26-27(19-23)39-30(31)33-26)15-12-34-13-16-36(17-14-34)22-6-3-20(4-7-22)21-5-9-25-24(18-21)28(37)29(38)32-25/h3-7,9,18,23H,2,8,10-17,19H2,1H3,(H2,31,33)(H,32,37,38). The summed E-state index contributed by atoms with van der Waals surface area (Å²) in [6.45, 7) is 9.80. The molecule has 9 heteroatoms. The first-order chi connectivity index (χ1) is 19.0. The number of Topliss-reactive ketones (excluding diaryl/α,β-unsaturated/α-hetero) is 1. The topological polar surface area (TPSA) is 94.8 Å². The fourth-order valence-electron chi connectivity index (χ4n) is 6.14. The average Bonchev–Trinajstić information content (AvgIpc) is 3.48. The Balaban J connectivity index is 1.02. The van der Waals surface area contributed by atoms with E-state index in [1.807, 2.05) is 18.2 Å². The summed E-state index contributed by atoms with van der Waals surface area (Å²) in [5.41, 5.74) is 11.5. The summed E-state index contributed by atoms with van der Waals surface area (Å²) in [5.74, 6) is -1.01. The van der Waals surface area contributed by atoms with E-state index in [0.717, 1.165) is 69.8 Å². The van der Waals surface area contributed by atoms with E-state index < -0.39 is 11.7 Å².